The van der Waals surface area contributed by atoms with Gasteiger partial charge in [-0.15, -0.1) is 0 Å². The predicted molar refractivity (Wildman–Crippen MR) is 113 cm³/mol. The van der Waals surface area contributed by atoms with Crippen LogP contribution in [0.25, 0.3) is 0 Å². The Hall–Kier alpha value is -2.45. The number of fused-ring (bicyclic) bond motifs is 1. The van der Waals surface area contributed by atoms with Crippen molar-refractivity contribution in [3.8, 4) is 17.2 Å². The highest BCUT2D eigenvalue weighted by atomic mass is 32.2. The summed E-state index contributed by atoms with van der Waals surface area (Å²) in [4.78, 5) is 2.31. The van der Waals surface area contributed by atoms with Crippen molar-refractivity contribution < 1.29 is 22.6 Å². The van der Waals surface area contributed by atoms with E-state index in [1.54, 1.807) is 19.2 Å². The smallest absolute Gasteiger partial charge is 0.262 e. The highest BCUT2D eigenvalue weighted by Gasteiger charge is 2.27. The molecule has 0 saturated heterocycles. The standard InChI is InChI=1S/C21H28N2O5S/c1-23(2)14-6-8-16-17(12-14)19(26-3)11-9-18(16)22-29(24,25)15-7-10-20(27-4)21(13-15)28-5/h7,9-11,13-14,22H,6,8,12H2,1-5H3/t14-/m0/s1. The predicted octanol–water partition coefficient (Wildman–Crippen LogP) is 2.93. The molecule has 3 rings (SSSR count). The molecule has 0 amide bonds. The second-order valence-electron chi connectivity index (χ2n) is 7.26. The van der Waals surface area contributed by atoms with Crippen molar-refractivity contribution in [2.45, 2.75) is 30.2 Å². The van der Waals surface area contributed by atoms with Crippen LogP contribution >= 0.6 is 0 Å². The highest BCUT2D eigenvalue weighted by molar-refractivity contribution is 7.92. The van der Waals surface area contributed by atoms with E-state index in [4.69, 9.17) is 14.2 Å². The van der Waals surface area contributed by atoms with Crippen molar-refractivity contribution in [1.29, 1.82) is 0 Å². The molecule has 8 heteroatoms. The number of sulfonamides is 1. The van der Waals surface area contributed by atoms with Crippen LogP contribution in [0.15, 0.2) is 35.2 Å². The summed E-state index contributed by atoms with van der Waals surface area (Å²) in [6.07, 6.45) is 2.55. The molecule has 1 atom stereocenters. The SMILES string of the molecule is COc1ccc(S(=O)(=O)Nc2ccc(OC)c3c2CC[C@H](N(C)C)C3)cc1OC. The van der Waals surface area contributed by atoms with Gasteiger partial charge in [-0.05, 0) is 63.2 Å². The number of nitrogens with one attached hydrogen (secondary N) is 1. The summed E-state index contributed by atoms with van der Waals surface area (Å²) in [5.74, 6) is 1.63. The molecule has 1 aliphatic rings. The quantitative estimate of drug-likeness (QED) is 0.742. The summed E-state index contributed by atoms with van der Waals surface area (Å²) in [7, 11) is 4.96. The van der Waals surface area contributed by atoms with Gasteiger partial charge in [-0.1, -0.05) is 0 Å². The minimum atomic E-state index is -3.79. The molecule has 0 aromatic heterocycles. The Morgan fingerprint density at radius 2 is 1.59 bits per heavy atom. The van der Waals surface area contributed by atoms with Gasteiger partial charge in [0.1, 0.15) is 5.75 Å². The molecule has 29 heavy (non-hydrogen) atoms. The van der Waals surface area contributed by atoms with Gasteiger partial charge in [0.2, 0.25) is 0 Å². The van der Waals surface area contributed by atoms with E-state index in [1.807, 2.05) is 6.07 Å². The molecule has 0 heterocycles. The van der Waals surface area contributed by atoms with Crippen LogP contribution in [0, 0.1) is 0 Å². The second kappa shape index (κ2) is 8.51. The fraction of sp³-hybridized carbons (Fsp3) is 0.429. The molecular formula is C21H28N2O5S. The third kappa shape index (κ3) is 4.28. The van der Waals surface area contributed by atoms with Crippen LogP contribution in [0.5, 0.6) is 17.2 Å². The zero-order valence-corrected chi connectivity index (χ0v) is 18.3. The first-order valence-corrected chi connectivity index (χ1v) is 10.9. The lowest BCUT2D eigenvalue weighted by atomic mass is 9.86. The lowest BCUT2D eigenvalue weighted by molar-refractivity contribution is 0.265. The molecule has 0 fully saturated rings. The number of rotatable bonds is 7. The fourth-order valence-electron chi connectivity index (χ4n) is 3.74. The van der Waals surface area contributed by atoms with Crippen molar-refractivity contribution in [2.24, 2.45) is 0 Å². The maximum absolute atomic E-state index is 13.0. The van der Waals surface area contributed by atoms with Gasteiger partial charge in [0.05, 0.1) is 31.9 Å². The summed E-state index contributed by atoms with van der Waals surface area (Å²) in [6, 6.07) is 8.53. The van der Waals surface area contributed by atoms with Crippen molar-refractivity contribution in [3.05, 3.63) is 41.5 Å². The molecule has 0 unspecified atom stereocenters. The number of hydrogen-bond acceptors (Lipinski definition) is 6. The van der Waals surface area contributed by atoms with E-state index in [2.05, 4.69) is 23.7 Å². The fourth-order valence-corrected chi connectivity index (χ4v) is 4.85. The van der Waals surface area contributed by atoms with Crippen LogP contribution < -0.4 is 18.9 Å². The van der Waals surface area contributed by atoms with Gasteiger partial charge in [0.15, 0.2) is 11.5 Å². The number of methoxy groups -OCH3 is 3. The Balaban J connectivity index is 1.97. The van der Waals surface area contributed by atoms with Crippen LogP contribution in [-0.4, -0.2) is 54.8 Å². The maximum Gasteiger partial charge on any atom is 0.262 e. The second-order valence-corrected chi connectivity index (χ2v) is 8.94. The van der Waals surface area contributed by atoms with Crippen LogP contribution in [0.3, 0.4) is 0 Å². The first-order chi connectivity index (χ1) is 13.8. The summed E-state index contributed by atoms with van der Waals surface area (Å²) in [5.41, 5.74) is 2.64. The lowest BCUT2D eigenvalue weighted by Crippen LogP contribution is -2.34. The van der Waals surface area contributed by atoms with E-state index in [-0.39, 0.29) is 4.90 Å². The van der Waals surface area contributed by atoms with Crippen molar-refractivity contribution in [1.82, 2.24) is 4.90 Å². The molecule has 2 aromatic rings. The first-order valence-electron chi connectivity index (χ1n) is 9.40. The molecule has 1 aliphatic carbocycles. The van der Waals surface area contributed by atoms with Gasteiger partial charge in [-0.2, -0.15) is 0 Å². The molecule has 0 radical (unpaired) electrons. The van der Waals surface area contributed by atoms with E-state index < -0.39 is 10.0 Å². The number of likely N-dealkylation sites (N-methyl/N-ethyl adjacent to an activating group) is 1. The molecule has 0 aliphatic heterocycles. The summed E-state index contributed by atoms with van der Waals surface area (Å²) < 4.78 is 44.8. The number of hydrogen-bond donors (Lipinski definition) is 1. The van der Waals surface area contributed by atoms with Gasteiger partial charge in [0, 0.05) is 17.7 Å². The Kier molecular flexibility index (Phi) is 6.24. The van der Waals surface area contributed by atoms with Crippen molar-refractivity contribution in [3.63, 3.8) is 0 Å². The molecule has 7 nitrogen and oxygen atoms in total. The Bertz CT molecular complexity index is 989. The highest BCUT2D eigenvalue weighted by Crippen LogP contribution is 2.37. The van der Waals surface area contributed by atoms with E-state index >= 15 is 0 Å². The van der Waals surface area contributed by atoms with Crippen molar-refractivity contribution >= 4 is 15.7 Å². The van der Waals surface area contributed by atoms with Gasteiger partial charge in [0.25, 0.3) is 10.0 Å². The number of benzene rings is 2. The molecule has 0 spiro atoms. The minimum absolute atomic E-state index is 0.113. The van der Waals surface area contributed by atoms with E-state index in [0.717, 1.165) is 36.1 Å². The van der Waals surface area contributed by atoms with Crippen LogP contribution in [0.1, 0.15) is 17.5 Å². The average molecular weight is 421 g/mol. The number of ether oxygens (including phenoxy) is 3. The largest absolute Gasteiger partial charge is 0.496 e. The molecule has 2 aromatic carbocycles. The monoisotopic (exact) mass is 420 g/mol. The lowest BCUT2D eigenvalue weighted by Gasteiger charge is -2.32. The zero-order valence-electron chi connectivity index (χ0n) is 17.5. The van der Waals surface area contributed by atoms with Gasteiger partial charge in [-0.3, -0.25) is 4.72 Å². The van der Waals surface area contributed by atoms with Gasteiger partial charge in [-0.25, -0.2) is 8.42 Å². The van der Waals surface area contributed by atoms with Gasteiger partial charge < -0.3 is 19.1 Å². The topological polar surface area (TPSA) is 77.1 Å². The summed E-state index contributed by atoms with van der Waals surface area (Å²) in [5, 5.41) is 0. The molecule has 1 N–H and O–H groups in total. The third-order valence-electron chi connectivity index (χ3n) is 5.42. The molecule has 158 valence electrons. The van der Waals surface area contributed by atoms with Crippen molar-refractivity contribution in [2.75, 3.05) is 40.1 Å². The van der Waals surface area contributed by atoms with E-state index in [1.165, 1.54) is 26.4 Å². The van der Waals surface area contributed by atoms with E-state index in [9.17, 15) is 8.42 Å². The number of anilines is 1. The van der Waals surface area contributed by atoms with Crippen LogP contribution in [-0.2, 0) is 22.9 Å². The Morgan fingerprint density at radius 1 is 0.931 bits per heavy atom. The summed E-state index contributed by atoms with van der Waals surface area (Å²) in [6.45, 7) is 0. The minimum Gasteiger partial charge on any atom is -0.496 e. The third-order valence-corrected chi connectivity index (χ3v) is 6.78. The molecular weight excluding hydrogens is 392 g/mol. The molecule has 0 saturated carbocycles. The van der Waals surface area contributed by atoms with E-state index in [0.29, 0.717) is 23.2 Å². The van der Waals surface area contributed by atoms with Crippen LogP contribution in [0.4, 0.5) is 5.69 Å². The first kappa shape index (κ1) is 21.3. The summed E-state index contributed by atoms with van der Waals surface area (Å²) >= 11 is 0. The van der Waals surface area contributed by atoms with Gasteiger partial charge >= 0.3 is 0 Å². The Labute approximate surface area is 172 Å². The number of nitrogens with zero attached hydrogens (tertiary/aromatic N) is 1. The molecule has 0 bridgehead atoms. The average Bonchev–Trinajstić information content (AvgIpc) is 2.72. The zero-order chi connectivity index (χ0) is 21.2. The van der Waals surface area contributed by atoms with Crippen LogP contribution in [0.2, 0.25) is 0 Å². The maximum atomic E-state index is 13.0. The Morgan fingerprint density at radius 3 is 2.21 bits per heavy atom. The normalized spacial score (nSPS) is 16.3.